The third-order valence-corrected chi connectivity index (χ3v) is 7.61. The van der Waals surface area contributed by atoms with Crippen LogP contribution >= 0.6 is 0 Å². The van der Waals surface area contributed by atoms with Gasteiger partial charge in [0, 0.05) is 42.0 Å². The molecule has 5 heterocycles. The molecule has 0 radical (unpaired) electrons. The Hall–Kier alpha value is -3.49. The summed E-state index contributed by atoms with van der Waals surface area (Å²) in [4.78, 5) is 4.97. The predicted octanol–water partition coefficient (Wildman–Crippen LogP) is 6.00. The molecule has 8 nitrogen and oxygen atoms in total. The van der Waals surface area contributed by atoms with E-state index < -0.39 is 5.60 Å². The molecule has 0 spiro atoms. The molecule has 1 fully saturated rings. The first kappa shape index (κ1) is 23.9. The molecule has 192 valence electrons. The van der Waals surface area contributed by atoms with Gasteiger partial charge in [-0.1, -0.05) is 22.4 Å². The van der Waals surface area contributed by atoms with Crippen molar-refractivity contribution in [1.29, 1.82) is 0 Å². The highest BCUT2D eigenvalue weighted by atomic mass is 16.5. The van der Waals surface area contributed by atoms with Crippen LogP contribution in [0.1, 0.15) is 61.2 Å². The molecule has 37 heavy (non-hydrogen) atoms. The highest BCUT2D eigenvalue weighted by molar-refractivity contribution is 6.07. The smallest absolute Gasteiger partial charge is 0.141 e. The number of benzene rings is 1. The first-order valence-corrected chi connectivity index (χ1v) is 12.8. The van der Waals surface area contributed by atoms with Crippen LogP contribution in [-0.2, 0) is 10.3 Å². The molecule has 8 heteroatoms. The van der Waals surface area contributed by atoms with Crippen molar-refractivity contribution in [1.82, 2.24) is 19.9 Å². The van der Waals surface area contributed by atoms with Crippen molar-refractivity contribution < 1.29 is 18.9 Å². The van der Waals surface area contributed by atoms with Crippen molar-refractivity contribution >= 4 is 21.9 Å². The molecule has 1 aliphatic heterocycles. The Labute approximate surface area is 215 Å². The molecule has 0 saturated carbocycles. The molecule has 0 bridgehead atoms. The van der Waals surface area contributed by atoms with Crippen molar-refractivity contribution in [2.45, 2.75) is 59.1 Å². The Morgan fingerprint density at radius 1 is 1.00 bits per heavy atom. The summed E-state index contributed by atoms with van der Waals surface area (Å²) < 4.78 is 19.1. The van der Waals surface area contributed by atoms with Crippen LogP contribution < -0.4 is 0 Å². The third-order valence-electron chi connectivity index (χ3n) is 7.61. The maximum atomic E-state index is 10.9. The summed E-state index contributed by atoms with van der Waals surface area (Å²) >= 11 is 0. The van der Waals surface area contributed by atoms with E-state index in [9.17, 15) is 5.11 Å². The van der Waals surface area contributed by atoms with Gasteiger partial charge in [-0.05, 0) is 71.1 Å². The van der Waals surface area contributed by atoms with Crippen molar-refractivity contribution in [3.63, 3.8) is 0 Å². The lowest BCUT2D eigenvalue weighted by Crippen LogP contribution is -2.27. The lowest BCUT2D eigenvalue weighted by molar-refractivity contribution is 0.0543. The Kier molecular flexibility index (Phi) is 5.69. The molecule has 5 aromatic rings. The summed E-state index contributed by atoms with van der Waals surface area (Å²) in [6, 6.07) is 10.3. The molecule has 0 amide bonds. The second kappa shape index (κ2) is 8.82. The van der Waals surface area contributed by atoms with E-state index >= 15 is 0 Å². The van der Waals surface area contributed by atoms with Gasteiger partial charge in [0.2, 0.25) is 0 Å². The van der Waals surface area contributed by atoms with E-state index in [0.29, 0.717) is 19.1 Å². The fraction of sp³-hybridized carbons (Fsp3) is 0.414. The van der Waals surface area contributed by atoms with Crippen molar-refractivity contribution in [3.8, 4) is 11.1 Å². The Morgan fingerprint density at radius 3 is 2.43 bits per heavy atom. The number of fused-ring (bicyclic) bond motifs is 3. The van der Waals surface area contributed by atoms with Gasteiger partial charge in [-0.2, -0.15) is 0 Å². The van der Waals surface area contributed by atoms with Crippen LogP contribution in [0, 0.1) is 26.7 Å². The maximum absolute atomic E-state index is 10.9. The zero-order chi connectivity index (χ0) is 25.9. The molecule has 1 unspecified atom stereocenters. The number of aliphatic hydroxyl groups is 1. The fourth-order valence-electron chi connectivity index (χ4n) is 5.76. The van der Waals surface area contributed by atoms with E-state index in [-0.39, 0.29) is 6.04 Å². The standard InChI is InChI=1S/C29H32N4O4/c1-16-12-23(32-36-16)28(19-8-10-35-11-9-19)33-24-14-21(29(4,5)34)6-7-22(24)27-25(33)13-20(15-30-27)26-17(2)31-37-18(26)3/h6-7,12-15,19,28,34H,8-11H2,1-5H3. The molecule has 1 atom stereocenters. The predicted molar refractivity (Wildman–Crippen MR) is 140 cm³/mol. The summed E-state index contributed by atoms with van der Waals surface area (Å²) in [7, 11) is 0. The molecular formula is C29H32N4O4. The molecule has 1 saturated heterocycles. The number of hydrogen-bond donors (Lipinski definition) is 1. The van der Waals surface area contributed by atoms with Gasteiger partial charge in [0.15, 0.2) is 0 Å². The number of nitrogens with zero attached hydrogens (tertiary/aromatic N) is 4. The molecule has 1 N–H and O–H groups in total. The van der Waals surface area contributed by atoms with Crippen LogP contribution in [0.5, 0.6) is 0 Å². The van der Waals surface area contributed by atoms with E-state index in [1.807, 2.05) is 52.9 Å². The quantitative estimate of drug-likeness (QED) is 0.316. The number of hydrogen-bond acceptors (Lipinski definition) is 7. The number of pyridine rings is 1. The van der Waals surface area contributed by atoms with E-state index in [1.165, 1.54) is 0 Å². The van der Waals surface area contributed by atoms with Gasteiger partial charge in [-0.25, -0.2) is 0 Å². The van der Waals surface area contributed by atoms with Crippen molar-refractivity contribution in [2.24, 2.45) is 5.92 Å². The summed E-state index contributed by atoms with van der Waals surface area (Å²) in [6.07, 6.45) is 3.73. The second-order valence-electron chi connectivity index (χ2n) is 10.7. The Balaban J connectivity index is 1.69. The third kappa shape index (κ3) is 4.04. The number of ether oxygens (including phenoxy) is 1. The minimum atomic E-state index is -0.983. The number of rotatable bonds is 5. The second-order valence-corrected chi connectivity index (χ2v) is 10.7. The highest BCUT2D eigenvalue weighted by Gasteiger charge is 2.33. The number of aromatic nitrogens is 4. The molecule has 6 rings (SSSR count). The van der Waals surface area contributed by atoms with Crippen LogP contribution in [0.15, 0.2) is 45.6 Å². The molecule has 4 aromatic heterocycles. The van der Waals surface area contributed by atoms with Crippen molar-refractivity contribution in [2.75, 3.05) is 13.2 Å². The van der Waals surface area contributed by atoms with Gasteiger partial charge in [0.05, 0.1) is 33.9 Å². The first-order valence-electron chi connectivity index (χ1n) is 12.8. The zero-order valence-corrected chi connectivity index (χ0v) is 21.9. The van der Waals surface area contributed by atoms with Gasteiger partial charge >= 0.3 is 0 Å². The largest absolute Gasteiger partial charge is 0.386 e. The summed E-state index contributed by atoms with van der Waals surface area (Å²) in [5.74, 6) is 1.84. The van der Waals surface area contributed by atoms with Crippen LogP contribution in [0.2, 0.25) is 0 Å². The topological polar surface area (TPSA) is 99.3 Å². The van der Waals surface area contributed by atoms with Crippen LogP contribution in [-0.4, -0.2) is 38.2 Å². The van der Waals surface area contributed by atoms with E-state index in [1.54, 1.807) is 0 Å². The van der Waals surface area contributed by atoms with Gasteiger partial charge < -0.3 is 23.5 Å². The molecular weight excluding hydrogens is 468 g/mol. The SMILES string of the molecule is Cc1cc(C(C2CCOCC2)n2c3cc(C(C)(C)O)ccc3c3ncc(-c4c(C)noc4C)cc32)no1. The summed E-state index contributed by atoms with van der Waals surface area (Å²) in [5.41, 5.74) is 6.41. The Bertz CT molecular complexity index is 1580. The van der Waals surface area contributed by atoms with Crippen LogP contribution in [0.4, 0.5) is 0 Å². The summed E-state index contributed by atoms with van der Waals surface area (Å²) in [6.45, 7) is 10.8. The molecule has 1 aromatic carbocycles. The lowest BCUT2D eigenvalue weighted by atomic mass is 9.89. The van der Waals surface area contributed by atoms with Gasteiger partial charge in [-0.3, -0.25) is 4.98 Å². The van der Waals surface area contributed by atoms with Crippen molar-refractivity contribution in [3.05, 3.63) is 65.0 Å². The minimum absolute atomic E-state index is 0.0832. The number of aryl methyl sites for hydroxylation is 3. The maximum Gasteiger partial charge on any atom is 0.141 e. The average Bonchev–Trinajstić information content (AvgIpc) is 3.54. The minimum Gasteiger partial charge on any atom is -0.386 e. The summed E-state index contributed by atoms with van der Waals surface area (Å²) in [5, 5.41) is 20.6. The van der Waals surface area contributed by atoms with Gasteiger partial charge in [0.1, 0.15) is 17.2 Å². The fourth-order valence-corrected chi connectivity index (χ4v) is 5.76. The van der Waals surface area contributed by atoms with E-state index in [4.69, 9.17) is 18.8 Å². The van der Waals surface area contributed by atoms with E-state index in [2.05, 4.69) is 33.1 Å². The molecule has 1 aliphatic rings. The highest BCUT2D eigenvalue weighted by Crippen LogP contribution is 2.42. The van der Waals surface area contributed by atoms with Crippen LogP contribution in [0.25, 0.3) is 33.1 Å². The monoisotopic (exact) mass is 500 g/mol. The normalized spacial score (nSPS) is 16.2. The Morgan fingerprint density at radius 2 is 1.78 bits per heavy atom. The van der Waals surface area contributed by atoms with Gasteiger partial charge in [0.25, 0.3) is 0 Å². The van der Waals surface area contributed by atoms with Crippen LogP contribution in [0.3, 0.4) is 0 Å². The van der Waals surface area contributed by atoms with E-state index in [0.717, 1.165) is 74.4 Å². The first-order chi connectivity index (χ1) is 17.7. The lowest BCUT2D eigenvalue weighted by Gasteiger charge is -2.31. The zero-order valence-electron chi connectivity index (χ0n) is 21.9. The average molecular weight is 501 g/mol. The molecule has 0 aliphatic carbocycles. The van der Waals surface area contributed by atoms with Gasteiger partial charge in [-0.15, -0.1) is 0 Å².